The number of aromatic hydroxyl groups is 1. The van der Waals surface area contributed by atoms with Gasteiger partial charge in [-0.15, -0.1) is 0 Å². The van der Waals surface area contributed by atoms with E-state index in [1.165, 1.54) is 0 Å². The Morgan fingerprint density at radius 1 is 0.556 bits per heavy atom. The summed E-state index contributed by atoms with van der Waals surface area (Å²) in [5, 5.41) is 39.8. The molecule has 0 saturated heterocycles. The molecule has 0 fully saturated rings. The van der Waals surface area contributed by atoms with Crippen LogP contribution in [0.5, 0.6) is 11.5 Å². The monoisotopic (exact) mass is 634 g/mol. The van der Waals surface area contributed by atoms with E-state index in [9.17, 15) is 20.4 Å². The third kappa shape index (κ3) is 13.6. The molecule has 0 spiro atoms. The molecule has 4 atom stereocenters. The van der Waals surface area contributed by atoms with Crippen LogP contribution in [0.1, 0.15) is 78.4 Å². The second kappa shape index (κ2) is 20.1. The van der Waals surface area contributed by atoms with E-state index in [2.05, 4.69) is 26.0 Å². The average molecular weight is 635 g/mol. The summed E-state index contributed by atoms with van der Waals surface area (Å²) in [6.07, 6.45) is 0.519. The van der Waals surface area contributed by atoms with E-state index in [1.54, 1.807) is 12.1 Å². The highest BCUT2D eigenvalue weighted by Crippen LogP contribution is 2.33. The molecule has 0 aliphatic rings. The number of hydrogen-bond acceptors (Lipinski definition) is 9. The van der Waals surface area contributed by atoms with Crippen LogP contribution in [0.2, 0.25) is 0 Å². The fourth-order valence-electron chi connectivity index (χ4n) is 4.67. The third-order valence-electron chi connectivity index (χ3n) is 8.20. The number of benzene rings is 2. The van der Waals surface area contributed by atoms with Crippen molar-refractivity contribution in [2.24, 2.45) is 5.41 Å². The Balaban J connectivity index is 2.09. The van der Waals surface area contributed by atoms with Crippen molar-refractivity contribution in [1.29, 1.82) is 0 Å². The van der Waals surface area contributed by atoms with Gasteiger partial charge in [0.15, 0.2) is 0 Å². The van der Waals surface area contributed by atoms with Crippen LogP contribution in [-0.2, 0) is 24.4 Å². The molecule has 0 radical (unpaired) electrons. The number of hydrogen-bond donors (Lipinski definition) is 4. The SMILES string of the molecule is CCC(O)COCC(COCC(O)CC)(COCC(O)CC)COCC(CC)Oc1ccc(C(C)(C)c2ccc(O)cc2)cc1. The summed E-state index contributed by atoms with van der Waals surface area (Å²) in [5.74, 6) is 0.990. The molecule has 2 aromatic carbocycles. The van der Waals surface area contributed by atoms with Gasteiger partial charge in [-0.2, -0.15) is 0 Å². The lowest BCUT2D eigenvalue weighted by atomic mass is 9.78. The molecule has 0 saturated carbocycles. The van der Waals surface area contributed by atoms with Crippen LogP contribution in [0.3, 0.4) is 0 Å². The van der Waals surface area contributed by atoms with Gasteiger partial charge < -0.3 is 44.1 Å². The first-order valence-electron chi connectivity index (χ1n) is 16.4. The zero-order valence-electron chi connectivity index (χ0n) is 28.2. The van der Waals surface area contributed by atoms with Crippen molar-refractivity contribution in [3.8, 4) is 11.5 Å². The van der Waals surface area contributed by atoms with Gasteiger partial charge in [-0.3, -0.25) is 0 Å². The molecule has 0 bridgehead atoms. The van der Waals surface area contributed by atoms with Gasteiger partial charge in [0.2, 0.25) is 0 Å². The highest BCUT2D eigenvalue weighted by molar-refractivity contribution is 5.41. The van der Waals surface area contributed by atoms with Gasteiger partial charge in [0.25, 0.3) is 0 Å². The molecule has 9 nitrogen and oxygen atoms in total. The van der Waals surface area contributed by atoms with E-state index < -0.39 is 23.7 Å². The quantitative estimate of drug-likeness (QED) is 0.123. The summed E-state index contributed by atoms with van der Waals surface area (Å²) in [6.45, 7) is 13.7. The molecular formula is C36H58O9. The van der Waals surface area contributed by atoms with Crippen molar-refractivity contribution in [2.45, 2.75) is 97.1 Å². The van der Waals surface area contributed by atoms with Crippen molar-refractivity contribution < 1.29 is 44.1 Å². The van der Waals surface area contributed by atoms with Crippen LogP contribution in [0.25, 0.3) is 0 Å². The first-order chi connectivity index (χ1) is 21.5. The Hall–Kier alpha value is -2.24. The van der Waals surface area contributed by atoms with E-state index in [0.717, 1.165) is 23.3 Å². The molecule has 0 aromatic heterocycles. The van der Waals surface area contributed by atoms with Gasteiger partial charge in [0.05, 0.1) is 76.6 Å². The standard InChI is InChI=1S/C36H58O9/c1-7-29(37)19-41-23-36(24-42-20-30(38)8-2,25-43-21-31(39)9-3)26-44-22-33(10-4)45-34-17-13-28(14-18-34)35(5,6)27-11-15-32(40)16-12-27/h11-18,29-31,33,37-40H,7-10,19-26H2,1-6H3. The Morgan fingerprint density at radius 3 is 1.31 bits per heavy atom. The van der Waals surface area contributed by atoms with Gasteiger partial charge in [-0.05, 0) is 61.1 Å². The lowest BCUT2D eigenvalue weighted by Crippen LogP contribution is -2.44. The molecule has 2 aromatic rings. The Kier molecular flexibility index (Phi) is 17.4. The second-order valence-electron chi connectivity index (χ2n) is 12.6. The van der Waals surface area contributed by atoms with Crippen molar-refractivity contribution >= 4 is 0 Å². The Labute approximate surface area is 270 Å². The first kappa shape index (κ1) is 38.9. The summed E-state index contributed by atoms with van der Waals surface area (Å²) in [5.41, 5.74) is 1.26. The van der Waals surface area contributed by atoms with Crippen molar-refractivity contribution in [1.82, 2.24) is 0 Å². The van der Waals surface area contributed by atoms with Gasteiger partial charge in [-0.1, -0.05) is 65.8 Å². The van der Waals surface area contributed by atoms with E-state index in [-0.39, 0.29) is 63.5 Å². The summed E-state index contributed by atoms with van der Waals surface area (Å²) >= 11 is 0. The molecular weight excluding hydrogens is 576 g/mol. The zero-order valence-corrected chi connectivity index (χ0v) is 28.2. The normalized spacial score (nSPS) is 16.1. The van der Waals surface area contributed by atoms with E-state index in [4.69, 9.17) is 23.7 Å². The molecule has 256 valence electrons. The Morgan fingerprint density at radius 2 is 0.933 bits per heavy atom. The predicted molar refractivity (Wildman–Crippen MR) is 176 cm³/mol. The number of phenolic OH excluding ortho intramolecular Hbond substituents is 1. The molecule has 0 amide bonds. The number of rotatable bonds is 24. The van der Waals surface area contributed by atoms with Crippen molar-refractivity contribution in [3.63, 3.8) is 0 Å². The number of aliphatic hydroxyl groups is 3. The van der Waals surface area contributed by atoms with E-state index in [0.29, 0.717) is 25.9 Å². The topological polar surface area (TPSA) is 127 Å². The first-order valence-corrected chi connectivity index (χ1v) is 16.4. The molecule has 0 aliphatic heterocycles. The predicted octanol–water partition coefficient (Wildman–Crippen LogP) is 5.24. The molecule has 2 rings (SSSR count). The van der Waals surface area contributed by atoms with Crippen LogP contribution >= 0.6 is 0 Å². The lowest BCUT2D eigenvalue weighted by Gasteiger charge is -2.34. The summed E-state index contributed by atoms with van der Waals surface area (Å²) in [6, 6.07) is 15.4. The second-order valence-corrected chi connectivity index (χ2v) is 12.6. The molecule has 4 N–H and O–H groups in total. The van der Waals surface area contributed by atoms with Gasteiger partial charge >= 0.3 is 0 Å². The van der Waals surface area contributed by atoms with E-state index >= 15 is 0 Å². The number of phenols is 1. The van der Waals surface area contributed by atoms with Gasteiger partial charge in [-0.25, -0.2) is 0 Å². The summed E-state index contributed by atoms with van der Waals surface area (Å²) < 4.78 is 30.3. The molecule has 0 aliphatic carbocycles. The van der Waals surface area contributed by atoms with Crippen LogP contribution in [-0.4, -0.2) is 97.7 Å². The van der Waals surface area contributed by atoms with E-state index in [1.807, 2.05) is 52.0 Å². The Bertz CT molecular complexity index is 1000. The van der Waals surface area contributed by atoms with Crippen LogP contribution in [0.4, 0.5) is 0 Å². The highest BCUT2D eigenvalue weighted by Gasteiger charge is 2.34. The zero-order chi connectivity index (χ0) is 33.3. The molecule has 9 heteroatoms. The molecule has 4 unspecified atom stereocenters. The number of aliphatic hydroxyl groups excluding tert-OH is 3. The fraction of sp³-hybridized carbons (Fsp3) is 0.667. The maximum absolute atomic E-state index is 10.1. The number of ether oxygens (including phenoxy) is 5. The minimum atomic E-state index is -0.728. The third-order valence-corrected chi connectivity index (χ3v) is 8.20. The van der Waals surface area contributed by atoms with Crippen molar-refractivity contribution in [3.05, 3.63) is 59.7 Å². The van der Waals surface area contributed by atoms with Gasteiger partial charge in [0.1, 0.15) is 17.6 Å². The van der Waals surface area contributed by atoms with Crippen molar-refractivity contribution in [2.75, 3.05) is 52.9 Å². The van der Waals surface area contributed by atoms with Gasteiger partial charge in [0, 0.05) is 5.41 Å². The average Bonchev–Trinajstić information content (AvgIpc) is 3.04. The molecule has 0 heterocycles. The smallest absolute Gasteiger partial charge is 0.122 e. The summed E-state index contributed by atoms with van der Waals surface area (Å²) in [7, 11) is 0. The van der Waals surface area contributed by atoms with Crippen LogP contribution in [0.15, 0.2) is 48.5 Å². The maximum Gasteiger partial charge on any atom is 0.122 e. The largest absolute Gasteiger partial charge is 0.508 e. The minimum Gasteiger partial charge on any atom is -0.508 e. The maximum atomic E-state index is 10.1. The minimum absolute atomic E-state index is 0.174. The molecule has 45 heavy (non-hydrogen) atoms. The fourth-order valence-corrected chi connectivity index (χ4v) is 4.67. The van der Waals surface area contributed by atoms with Crippen LogP contribution < -0.4 is 4.74 Å². The van der Waals surface area contributed by atoms with Crippen LogP contribution in [0, 0.1) is 5.41 Å². The lowest BCUT2D eigenvalue weighted by molar-refractivity contribution is -0.131. The highest BCUT2D eigenvalue weighted by atomic mass is 16.5. The summed E-state index contributed by atoms with van der Waals surface area (Å²) in [4.78, 5) is 0.